The van der Waals surface area contributed by atoms with Gasteiger partial charge in [0.1, 0.15) is 0 Å². The van der Waals surface area contributed by atoms with Gasteiger partial charge in [-0.3, -0.25) is 4.79 Å². The molecule has 2 rings (SSSR count). The fraction of sp³-hybridized carbons (Fsp3) is 0.294. The van der Waals surface area contributed by atoms with Crippen molar-refractivity contribution in [2.75, 3.05) is 0 Å². The van der Waals surface area contributed by atoms with E-state index in [2.05, 4.69) is 5.32 Å². The van der Waals surface area contributed by atoms with Crippen LogP contribution < -0.4 is 5.32 Å². The summed E-state index contributed by atoms with van der Waals surface area (Å²) in [5.74, 6) is -1.45. The maximum Gasteiger partial charge on any atom is 0.330 e. The molecular weight excluding hydrogens is 280 g/mol. The van der Waals surface area contributed by atoms with Crippen LogP contribution in [-0.4, -0.2) is 21.6 Å². The lowest BCUT2D eigenvalue weighted by Gasteiger charge is -2.15. The number of carbonyl (C=O) groups is 2. The van der Waals surface area contributed by atoms with Crippen molar-refractivity contribution in [2.45, 2.75) is 33.4 Å². The van der Waals surface area contributed by atoms with Gasteiger partial charge in [0.2, 0.25) is 0 Å². The Morgan fingerprint density at radius 2 is 1.86 bits per heavy atom. The van der Waals surface area contributed by atoms with Crippen molar-refractivity contribution in [1.82, 2.24) is 9.88 Å². The Hall–Kier alpha value is -2.56. The van der Waals surface area contributed by atoms with E-state index in [1.165, 1.54) is 0 Å². The van der Waals surface area contributed by atoms with Gasteiger partial charge < -0.3 is 15.0 Å². The molecule has 5 nitrogen and oxygen atoms in total. The van der Waals surface area contributed by atoms with Crippen LogP contribution in [0.5, 0.6) is 0 Å². The molecule has 0 aliphatic carbocycles. The van der Waals surface area contributed by atoms with E-state index < -0.39 is 12.0 Å². The Morgan fingerprint density at radius 3 is 2.36 bits per heavy atom. The molecule has 1 aromatic heterocycles. The molecule has 1 atom stereocenters. The quantitative estimate of drug-likeness (QED) is 0.891. The number of amides is 1. The zero-order valence-corrected chi connectivity index (χ0v) is 13.0. The maximum absolute atomic E-state index is 12.4. The summed E-state index contributed by atoms with van der Waals surface area (Å²) in [6.45, 7) is 6.57. The van der Waals surface area contributed by atoms with Crippen LogP contribution in [0.1, 0.15) is 40.3 Å². The SMILES string of the molecule is CCn1c(C)cc(C(=O)N[C@@H](C(=O)O)c2ccccc2)c1C. The van der Waals surface area contributed by atoms with Crippen molar-refractivity contribution in [3.05, 3.63) is 58.9 Å². The molecule has 1 aromatic carbocycles. The number of carbonyl (C=O) groups excluding carboxylic acids is 1. The van der Waals surface area contributed by atoms with Crippen molar-refractivity contribution in [1.29, 1.82) is 0 Å². The van der Waals surface area contributed by atoms with Crippen molar-refractivity contribution >= 4 is 11.9 Å². The van der Waals surface area contributed by atoms with E-state index in [0.29, 0.717) is 11.1 Å². The predicted molar refractivity (Wildman–Crippen MR) is 83.9 cm³/mol. The zero-order valence-electron chi connectivity index (χ0n) is 13.0. The number of aryl methyl sites for hydroxylation is 1. The first kappa shape index (κ1) is 15.8. The van der Waals surface area contributed by atoms with Crippen molar-refractivity contribution in [2.24, 2.45) is 0 Å². The smallest absolute Gasteiger partial charge is 0.330 e. The van der Waals surface area contributed by atoms with Gasteiger partial charge in [-0.2, -0.15) is 0 Å². The minimum atomic E-state index is -1.08. The Bertz CT molecular complexity index is 689. The average Bonchev–Trinajstić information content (AvgIpc) is 2.79. The molecule has 0 bridgehead atoms. The van der Waals surface area contributed by atoms with Crippen LogP contribution in [0.2, 0.25) is 0 Å². The van der Waals surface area contributed by atoms with Crippen molar-refractivity contribution in [3.8, 4) is 0 Å². The molecule has 1 amide bonds. The van der Waals surface area contributed by atoms with Crippen LogP contribution in [0.3, 0.4) is 0 Å². The highest BCUT2D eigenvalue weighted by molar-refractivity contribution is 5.98. The first-order valence-corrected chi connectivity index (χ1v) is 7.21. The highest BCUT2D eigenvalue weighted by Crippen LogP contribution is 2.18. The van der Waals surface area contributed by atoms with Crippen LogP contribution in [0.25, 0.3) is 0 Å². The second-order valence-electron chi connectivity index (χ2n) is 5.18. The number of aromatic nitrogens is 1. The Kier molecular flexibility index (Phi) is 4.65. The Morgan fingerprint density at radius 1 is 1.23 bits per heavy atom. The minimum absolute atomic E-state index is 0.371. The monoisotopic (exact) mass is 300 g/mol. The van der Waals surface area contributed by atoms with Crippen LogP contribution in [0.15, 0.2) is 36.4 Å². The first-order chi connectivity index (χ1) is 10.5. The molecule has 2 aromatic rings. The summed E-state index contributed by atoms with van der Waals surface area (Å²) in [5, 5.41) is 12.0. The Labute approximate surface area is 129 Å². The minimum Gasteiger partial charge on any atom is -0.479 e. The predicted octanol–water partition coefficient (Wildman–Crippen LogP) is 2.68. The second-order valence-corrected chi connectivity index (χ2v) is 5.18. The normalized spacial score (nSPS) is 12.0. The largest absolute Gasteiger partial charge is 0.479 e. The van der Waals surface area contributed by atoms with Gasteiger partial charge in [0, 0.05) is 17.9 Å². The van der Waals surface area contributed by atoms with E-state index in [1.54, 1.807) is 36.4 Å². The topological polar surface area (TPSA) is 71.3 Å². The zero-order chi connectivity index (χ0) is 16.3. The molecule has 2 N–H and O–H groups in total. The summed E-state index contributed by atoms with van der Waals surface area (Å²) in [5.41, 5.74) is 2.89. The van der Waals surface area contributed by atoms with Gasteiger partial charge in [-0.1, -0.05) is 30.3 Å². The molecule has 0 aliphatic heterocycles. The van der Waals surface area contributed by atoms with Gasteiger partial charge in [0.15, 0.2) is 6.04 Å². The van der Waals surface area contributed by atoms with Crippen molar-refractivity contribution < 1.29 is 14.7 Å². The Balaban J connectivity index is 2.28. The molecule has 22 heavy (non-hydrogen) atoms. The summed E-state index contributed by atoms with van der Waals surface area (Å²) in [7, 11) is 0. The fourth-order valence-electron chi connectivity index (χ4n) is 2.66. The second kappa shape index (κ2) is 6.47. The summed E-state index contributed by atoms with van der Waals surface area (Å²) in [6, 6.07) is 9.42. The van der Waals surface area contributed by atoms with Crippen molar-refractivity contribution in [3.63, 3.8) is 0 Å². The average molecular weight is 300 g/mol. The lowest BCUT2D eigenvalue weighted by molar-refractivity contribution is -0.139. The molecule has 0 fully saturated rings. The molecule has 5 heteroatoms. The number of hydrogen-bond acceptors (Lipinski definition) is 2. The number of nitrogens with one attached hydrogen (secondary N) is 1. The number of carboxylic acids is 1. The molecular formula is C17H20N2O3. The molecule has 0 unspecified atom stereocenters. The molecule has 0 radical (unpaired) electrons. The fourth-order valence-corrected chi connectivity index (χ4v) is 2.66. The van der Waals surface area contributed by atoms with E-state index in [0.717, 1.165) is 17.9 Å². The van der Waals surface area contributed by atoms with E-state index in [4.69, 9.17) is 0 Å². The molecule has 1 heterocycles. The van der Waals surface area contributed by atoms with Gasteiger partial charge in [0.25, 0.3) is 5.91 Å². The van der Waals surface area contributed by atoms with E-state index in [1.807, 2.05) is 25.3 Å². The van der Waals surface area contributed by atoms with Gasteiger partial charge in [0.05, 0.1) is 5.56 Å². The lowest BCUT2D eigenvalue weighted by Crippen LogP contribution is -2.34. The first-order valence-electron chi connectivity index (χ1n) is 7.21. The van der Waals surface area contributed by atoms with Crippen LogP contribution in [-0.2, 0) is 11.3 Å². The van der Waals surface area contributed by atoms with Gasteiger partial charge >= 0.3 is 5.97 Å². The van der Waals surface area contributed by atoms with Gasteiger partial charge in [-0.25, -0.2) is 4.79 Å². The highest BCUT2D eigenvalue weighted by Gasteiger charge is 2.24. The number of benzene rings is 1. The van der Waals surface area contributed by atoms with E-state index in [9.17, 15) is 14.7 Å². The summed E-state index contributed by atoms with van der Waals surface area (Å²) in [4.78, 5) is 23.9. The maximum atomic E-state index is 12.4. The highest BCUT2D eigenvalue weighted by atomic mass is 16.4. The van der Waals surface area contributed by atoms with Crippen LogP contribution >= 0.6 is 0 Å². The van der Waals surface area contributed by atoms with Gasteiger partial charge in [-0.15, -0.1) is 0 Å². The third-order valence-electron chi connectivity index (χ3n) is 3.79. The van der Waals surface area contributed by atoms with Crippen LogP contribution in [0, 0.1) is 13.8 Å². The molecule has 0 aliphatic rings. The van der Waals surface area contributed by atoms with Crippen LogP contribution in [0.4, 0.5) is 0 Å². The molecule has 116 valence electrons. The number of hydrogen-bond donors (Lipinski definition) is 2. The molecule has 0 spiro atoms. The van der Waals surface area contributed by atoms with E-state index in [-0.39, 0.29) is 5.91 Å². The summed E-state index contributed by atoms with van der Waals surface area (Å²) in [6.07, 6.45) is 0. The summed E-state index contributed by atoms with van der Waals surface area (Å²) >= 11 is 0. The molecule has 0 saturated heterocycles. The number of nitrogens with zero attached hydrogens (tertiary/aromatic N) is 1. The van der Waals surface area contributed by atoms with Gasteiger partial charge in [-0.05, 0) is 32.4 Å². The lowest BCUT2D eigenvalue weighted by atomic mass is 10.1. The standard InChI is InChI=1S/C17H20N2O3/c1-4-19-11(2)10-14(12(19)3)16(20)18-15(17(21)22)13-8-6-5-7-9-13/h5-10,15H,4H2,1-3H3,(H,18,20)(H,21,22)/t15-/m1/s1. The van der Waals surface area contributed by atoms with E-state index >= 15 is 0 Å². The third-order valence-corrected chi connectivity index (χ3v) is 3.79. The number of aliphatic carboxylic acids is 1. The summed E-state index contributed by atoms with van der Waals surface area (Å²) < 4.78 is 2.02. The number of rotatable bonds is 5. The number of carboxylic acid groups (broad SMARTS) is 1. The molecule has 0 saturated carbocycles. The third kappa shape index (κ3) is 3.03.